The van der Waals surface area contributed by atoms with E-state index in [-0.39, 0.29) is 0 Å². The highest BCUT2D eigenvalue weighted by atomic mass is 16.5. The van der Waals surface area contributed by atoms with Gasteiger partial charge in [-0.15, -0.1) is 5.10 Å². The number of pyridine rings is 1. The molecule has 10 nitrogen and oxygen atoms in total. The Kier molecular flexibility index (Phi) is 6.14. The average Bonchev–Trinajstić information content (AvgIpc) is 3.34. The molecule has 0 aliphatic carbocycles. The summed E-state index contributed by atoms with van der Waals surface area (Å²) in [6.45, 7) is 1.89. The van der Waals surface area contributed by atoms with Crippen molar-refractivity contribution in [2.75, 3.05) is 19.5 Å². The van der Waals surface area contributed by atoms with E-state index in [1.165, 1.54) is 14.2 Å². The summed E-state index contributed by atoms with van der Waals surface area (Å²) in [6, 6.07) is 17.5. The summed E-state index contributed by atoms with van der Waals surface area (Å²) >= 11 is 0. The predicted octanol–water partition coefficient (Wildman–Crippen LogP) is 4.47. The van der Waals surface area contributed by atoms with E-state index in [2.05, 4.69) is 25.4 Å². The lowest BCUT2D eigenvalue weighted by atomic mass is 10.2. The molecule has 0 bridgehead atoms. The summed E-state index contributed by atoms with van der Waals surface area (Å²) in [6.07, 6.45) is 3.40. The first-order valence-corrected chi connectivity index (χ1v) is 11.0. The molecule has 0 radical (unpaired) electrons. The van der Waals surface area contributed by atoms with Gasteiger partial charge >= 0.3 is 5.97 Å². The van der Waals surface area contributed by atoms with Gasteiger partial charge in [-0.05, 0) is 61.5 Å². The van der Waals surface area contributed by atoms with Crippen molar-refractivity contribution in [3.8, 4) is 28.6 Å². The number of fused-ring (bicyclic) bond motifs is 1. The summed E-state index contributed by atoms with van der Waals surface area (Å²) in [7, 11) is 3.04. The Morgan fingerprint density at radius 2 is 1.75 bits per heavy atom. The van der Waals surface area contributed by atoms with Crippen molar-refractivity contribution in [1.82, 2.24) is 24.6 Å². The van der Waals surface area contributed by atoms with E-state index in [1.54, 1.807) is 59.4 Å². The molecule has 3 aromatic heterocycles. The largest absolute Gasteiger partial charge is 0.493 e. The van der Waals surface area contributed by atoms with Crippen molar-refractivity contribution in [1.29, 1.82) is 0 Å². The van der Waals surface area contributed by atoms with Gasteiger partial charge in [-0.2, -0.15) is 9.50 Å². The fourth-order valence-corrected chi connectivity index (χ4v) is 3.58. The molecule has 0 amide bonds. The molecule has 10 heteroatoms. The Hall–Kier alpha value is -4.99. The average molecular weight is 483 g/mol. The number of carbonyl (C=O) groups excluding carboxylic acids is 1. The van der Waals surface area contributed by atoms with Crippen molar-refractivity contribution in [2.24, 2.45) is 0 Å². The van der Waals surface area contributed by atoms with Gasteiger partial charge in [0, 0.05) is 35.4 Å². The Morgan fingerprint density at radius 3 is 2.47 bits per heavy atom. The maximum absolute atomic E-state index is 12.6. The summed E-state index contributed by atoms with van der Waals surface area (Å²) in [4.78, 5) is 25.7. The van der Waals surface area contributed by atoms with Crippen LogP contribution in [0.1, 0.15) is 16.1 Å². The molecular weight excluding hydrogens is 460 g/mol. The number of ether oxygens (including phenoxy) is 3. The van der Waals surface area contributed by atoms with Crippen molar-refractivity contribution in [3.05, 3.63) is 84.3 Å². The summed E-state index contributed by atoms with van der Waals surface area (Å²) in [5, 5.41) is 7.92. The Bertz CT molecular complexity index is 1530. The van der Waals surface area contributed by atoms with Crippen LogP contribution < -0.4 is 19.5 Å². The molecule has 1 N–H and O–H groups in total. The van der Waals surface area contributed by atoms with Gasteiger partial charge in [-0.3, -0.25) is 4.98 Å². The number of benzene rings is 2. The maximum Gasteiger partial charge on any atom is 0.343 e. The van der Waals surface area contributed by atoms with Gasteiger partial charge < -0.3 is 19.5 Å². The van der Waals surface area contributed by atoms with E-state index in [4.69, 9.17) is 14.2 Å². The zero-order valence-electron chi connectivity index (χ0n) is 19.8. The van der Waals surface area contributed by atoms with Crippen molar-refractivity contribution >= 4 is 23.3 Å². The monoisotopic (exact) mass is 482 g/mol. The topological polar surface area (TPSA) is 113 Å². The first-order chi connectivity index (χ1) is 17.5. The first kappa shape index (κ1) is 22.8. The fourth-order valence-electron chi connectivity index (χ4n) is 3.58. The molecule has 180 valence electrons. The Labute approximate surface area is 206 Å². The summed E-state index contributed by atoms with van der Waals surface area (Å²) in [5.41, 5.74) is 2.70. The fraction of sp³-hybridized carbons (Fsp3) is 0.115. The van der Waals surface area contributed by atoms with Crippen LogP contribution in [0, 0.1) is 6.92 Å². The van der Waals surface area contributed by atoms with Gasteiger partial charge in [-0.1, -0.05) is 0 Å². The predicted molar refractivity (Wildman–Crippen MR) is 133 cm³/mol. The van der Waals surface area contributed by atoms with Crippen molar-refractivity contribution in [2.45, 2.75) is 6.92 Å². The van der Waals surface area contributed by atoms with Gasteiger partial charge in [-0.25, -0.2) is 9.78 Å². The number of nitrogens with zero attached hydrogens (tertiary/aromatic N) is 5. The van der Waals surface area contributed by atoms with Crippen molar-refractivity contribution < 1.29 is 19.0 Å². The number of esters is 1. The molecule has 5 aromatic rings. The second-order valence-electron chi connectivity index (χ2n) is 7.78. The lowest BCUT2D eigenvalue weighted by Gasteiger charge is -2.11. The Balaban J connectivity index is 1.34. The highest BCUT2D eigenvalue weighted by Crippen LogP contribution is 2.28. The maximum atomic E-state index is 12.6. The normalized spacial score (nSPS) is 10.8. The molecule has 2 aromatic carbocycles. The number of hydrogen-bond acceptors (Lipinski definition) is 9. The van der Waals surface area contributed by atoms with Crippen LogP contribution in [0.4, 0.5) is 11.5 Å². The van der Waals surface area contributed by atoms with E-state index in [0.29, 0.717) is 40.2 Å². The van der Waals surface area contributed by atoms with Gasteiger partial charge in [0.2, 0.25) is 0 Å². The lowest BCUT2D eigenvalue weighted by molar-refractivity contribution is 0.0734. The van der Waals surface area contributed by atoms with Gasteiger partial charge in [0.25, 0.3) is 5.78 Å². The van der Waals surface area contributed by atoms with Crippen LogP contribution in [0.25, 0.3) is 17.2 Å². The molecule has 0 saturated heterocycles. The van der Waals surface area contributed by atoms with Gasteiger partial charge in [0.05, 0.1) is 19.8 Å². The number of rotatable bonds is 7. The van der Waals surface area contributed by atoms with E-state index >= 15 is 0 Å². The minimum absolute atomic E-state index is 0.347. The number of anilines is 2. The minimum atomic E-state index is -0.506. The van der Waals surface area contributed by atoms with E-state index in [0.717, 1.165) is 16.9 Å². The van der Waals surface area contributed by atoms with Gasteiger partial charge in [0.15, 0.2) is 17.3 Å². The minimum Gasteiger partial charge on any atom is -0.493 e. The van der Waals surface area contributed by atoms with E-state index in [9.17, 15) is 4.79 Å². The number of aromatic nitrogens is 5. The van der Waals surface area contributed by atoms with E-state index in [1.807, 2.05) is 25.1 Å². The smallest absolute Gasteiger partial charge is 0.343 e. The quantitative estimate of drug-likeness (QED) is 0.265. The molecule has 0 aliphatic heterocycles. The van der Waals surface area contributed by atoms with E-state index < -0.39 is 5.97 Å². The number of carbonyl (C=O) groups is 1. The van der Waals surface area contributed by atoms with Crippen LogP contribution in [0.15, 0.2) is 73.1 Å². The zero-order valence-corrected chi connectivity index (χ0v) is 19.8. The molecular formula is C26H22N6O4. The summed E-state index contributed by atoms with van der Waals surface area (Å²) < 4.78 is 17.6. The molecule has 0 unspecified atom stereocenters. The SMILES string of the molecule is COc1ccc(C(=O)Oc2ccc(Nc3cc(C)nc4nc(-c5cccnc5)nn34)cc2)cc1OC. The first-order valence-electron chi connectivity index (χ1n) is 11.0. The number of nitrogens with one attached hydrogen (secondary N) is 1. The Morgan fingerprint density at radius 1 is 0.944 bits per heavy atom. The van der Waals surface area contributed by atoms with Crippen LogP contribution in [-0.2, 0) is 0 Å². The standard InChI is InChI=1S/C26H22N6O4/c1-16-13-23(32-26(28-16)30-24(31-32)18-5-4-12-27-15-18)29-19-7-9-20(10-8-19)36-25(33)17-6-11-21(34-2)22(14-17)35-3/h4-15,29H,1-3H3. The summed E-state index contributed by atoms with van der Waals surface area (Å²) in [5.74, 6) is 2.56. The van der Waals surface area contributed by atoms with Crippen LogP contribution in [0.3, 0.4) is 0 Å². The third-order valence-corrected chi connectivity index (χ3v) is 5.32. The van der Waals surface area contributed by atoms with Crippen LogP contribution in [0.2, 0.25) is 0 Å². The lowest BCUT2D eigenvalue weighted by Crippen LogP contribution is -2.09. The highest BCUT2D eigenvalue weighted by Gasteiger charge is 2.14. The number of hydrogen-bond donors (Lipinski definition) is 1. The molecule has 0 atom stereocenters. The molecule has 36 heavy (non-hydrogen) atoms. The molecule has 0 saturated carbocycles. The second-order valence-corrected chi connectivity index (χ2v) is 7.78. The van der Waals surface area contributed by atoms with Crippen LogP contribution >= 0.6 is 0 Å². The third kappa shape index (κ3) is 4.64. The highest BCUT2D eigenvalue weighted by molar-refractivity contribution is 5.92. The van der Waals surface area contributed by atoms with Crippen LogP contribution in [0.5, 0.6) is 17.2 Å². The molecule has 0 fully saturated rings. The van der Waals surface area contributed by atoms with Gasteiger partial charge in [0.1, 0.15) is 11.6 Å². The number of aryl methyl sites for hydroxylation is 1. The van der Waals surface area contributed by atoms with Crippen molar-refractivity contribution in [3.63, 3.8) is 0 Å². The molecule has 5 rings (SSSR count). The van der Waals surface area contributed by atoms with Crippen LogP contribution in [-0.4, -0.2) is 44.8 Å². The molecule has 0 spiro atoms. The molecule has 3 heterocycles. The zero-order chi connectivity index (χ0) is 25.1. The number of methoxy groups -OCH3 is 2. The second kappa shape index (κ2) is 9.71. The third-order valence-electron chi connectivity index (χ3n) is 5.32. The molecule has 0 aliphatic rings.